The minimum atomic E-state index is -0.695. The van der Waals surface area contributed by atoms with Crippen LogP contribution in [-0.2, 0) is 9.47 Å². The number of fused-ring (bicyclic) bond motifs is 2. The number of hydrogen-bond acceptors (Lipinski definition) is 8. The van der Waals surface area contributed by atoms with Crippen LogP contribution in [-0.4, -0.2) is 54.7 Å². The van der Waals surface area contributed by atoms with Gasteiger partial charge in [-0.3, -0.25) is 9.78 Å². The molecule has 46 heavy (non-hydrogen) atoms. The highest BCUT2D eigenvalue weighted by atomic mass is 79.9. The van der Waals surface area contributed by atoms with Crippen molar-refractivity contribution >= 4 is 81.8 Å². The van der Waals surface area contributed by atoms with E-state index in [1.807, 2.05) is 0 Å². The zero-order valence-electron chi connectivity index (χ0n) is 23.9. The average Bonchev–Trinajstić information content (AvgIpc) is 3.59. The van der Waals surface area contributed by atoms with E-state index in [0.717, 1.165) is 4.68 Å². The molecule has 4 aromatic heterocycles. The van der Waals surface area contributed by atoms with Crippen molar-refractivity contribution in [1.82, 2.24) is 29.5 Å². The SMILES string of the molecule is CCOC(=O)c1c2[nH]ccc(=O)c2nn1-c1ccc(Br)cc1F.CCOC(=O)c1c2nccc(Br)c2nn1-c1ccc(Br)cc1F. The molecule has 0 radical (unpaired) electrons. The highest BCUT2D eigenvalue weighted by molar-refractivity contribution is 9.11. The van der Waals surface area contributed by atoms with Crippen molar-refractivity contribution in [3.63, 3.8) is 0 Å². The summed E-state index contributed by atoms with van der Waals surface area (Å²) in [6.45, 7) is 3.70. The molecule has 0 aliphatic heterocycles. The van der Waals surface area contributed by atoms with E-state index < -0.39 is 23.6 Å². The van der Waals surface area contributed by atoms with Crippen molar-refractivity contribution in [2.75, 3.05) is 13.2 Å². The zero-order valence-corrected chi connectivity index (χ0v) is 28.6. The minimum absolute atomic E-state index is 0.0271. The van der Waals surface area contributed by atoms with Crippen LogP contribution in [0.1, 0.15) is 34.8 Å². The maximum atomic E-state index is 14.3. The van der Waals surface area contributed by atoms with Crippen molar-refractivity contribution in [3.05, 3.63) is 108 Å². The van der Waals surface area contributed by atoms with Gasteiger partial charge >= 0.3 is 11.9 Å². The summed E-state index contributed by atoms with van der Waals surface area (Å²) in [6.07, 6.45) is 2.94. The number of aromatic nitrogens is 6. The van der Waals surface area contributed by atoms with E-state index in [1.54, 1.807) is 38.2 Å². The van der Waals surface area contributed by atoms with Crippen LogP contribution in [0.5, 0.6) is 0 Å². The maximum absolute atomic E-state index is 14.3. The summed E-state index contributed by atoms with van der Waals surface area (Å²) < 4.78 is 42.8. The van der Waals surface area contributed by atoms with Gasteiger partial charge in [0.1, 0.15) is 39.6 Å². The van der Waals surface area contributed by atoms with Crippen molar-refractivity contribution < 1.29 is 27.8 Å². The number of pyridine rings is 2. The van der Waals surface area contributed by atoms with Crippen LogP contribution in [0.4, 0.5) is 8.78 Å². The van der Waals surface area contributed by atoms with Gasteiger partial charge in [0.05, 0.1) is 13.2 Å². The molecule has 1 N–H and O–H groups in total. The molecule has 236 valence electrons. The van der Waals surface area contributed by atoms with Crippen molar-refractivity contribution in [2.24, 2.45) is 0 Å². The van der Waals surface area contributed by atoms with E-state index in [9.17, 15) is 23.2 Å². The number of carbonyl (C=O) groups is 2. The molecule has 0 aliphatic rings. The standard InChI is InChI=1S/C15H10Br2FN3O2.C15H11BrFN3O3/c1-2-23-15(22)14-13-12(9(17)5-6-19-13)20-21(14)11-4-3-8(16)7-10(11)18;1-2-23-15(22)14-13-12(11(21)5-6-18-13)19-20(14)10-4-3-8(16)7-9(10)17/h3-7H,2H2,1H3;3-7,18H,2H2,1H3. The van der Waals surface area contributed by atoms with Gasteiger partial charge in [0, 0.05) is 31.9 Å². The normalized spacial score (nSPS) is 10.9. The van der Waals surface area contributed by atoms with Crippen LogP contribution in [0.3, 0.4) is 0 Å². The lowest BCUT2D eigenvalue weighted by atomic mass is 10.2. The highest BCUT2D eigenvalue weighted by Gasteiger charge is 2.26. The molecule has 16 heteroatoms. The van der Waals surface area contributed by atoms with Crippen LogP contribution in [0.25, 0.3) is 33.4 Å². The molecule has 6 rings (SSSR count). The Kier molecular flexibility index (Phi) is 10.1. The molecule has 6 aromatic rings. The minimum Gasteiger partial charge on any atom is -0.461 e. The third kappa shape index (κ3) is 6.50. The summed E-state index contributed by atoms with van der Waals surface area (Å²) in [5.41, 5.74) is 0.918. The molecule has 2 aromatic carbocycles. The monoisotopic (exact) mass is 820 g/mol. The molecule has 0 saturated carbocycles. The summed E-state index contributed by atoms with van der Waals surface area (Å²) in [7, 11) is 0. The number of benzene rings is 2. The van der Waals surface area contributed by atoms with E-state index >= 15 is 0 Å². The third-order valence-corrected chi connectivity index (χ3v) is 7.93. The molecule has 4 heterocycles. The fourth-order valence-corrected chi connectivity index (χ4v) is 5.43. The average molecular weight is 823 g/mol. The second-order valence-electron chi connectivity index (χ2n) is 9.21. The molecule has 0 spiro atoms. The number of rotatable bonds is 6. The summed E-state index contributed by atoms with van der Waals surface area (Å²) in [5, 5.41) is 8.42. The predicted octanol–water partition coefficient (Wildman–Crippen LogP) is 7.05. The predicted molar refractivity (Wildman–Crippen MR) is 175 cm³/mol. The molecular weight excluding hydrogens is 802 g/mol. The molecule has 0 bridgehead atoms. The fraction of sp³-hybridized carbons (Fsp3) is 0.133. The van der Waals surface area contributed by atoms with E-state index in [0.29, 0.717) is 24.5 Å². The van der Waals surface area contributed by atoms with Gasteiger partial charge in [-0.15, -0.1) is 0 Å². The number of ether oxygens (including phenoxy) is 2. The Morgan fingerprint density at radius 2 is 1.33 bits per heavy atom. The van der Waals surface area contributed by atoms with Gasteiger partial charge in [-0.1, -0.05) is 31.9 Å². The number of nitrogens with one attached hydrogen (secondary N) is 1. The first kappa shape index (κ1) is 33.1. The number of halogens is 5. The number of aromatic amines is 1. The Balaban J connectivity index is 0.000000181. The zero-order chi connectivity index (χ0) is 33.1. The number of hydrogen-bond donors (Lipinski definition) is 1. The Morgan fingerprint density at radius 3 is 1.89 bits per heavy atom. The molecular formula is C30H21Br3F2N6O5. The lowest BCUT2D eigenvalue weighted by Crippen LogP contribution is -2.13. The number of esters is 2. The van der Waals surface area contributed by atoms with Crippen LogP contribution in [0.15, 0.2) is 79.1 Å². The molecule has 0 aliphatic carbocycles. The van der Waals surface area contributed by atoms with Gasteiger partial charge in [0.25, 0.3) is 0 Å². The van der Waals surface area contributed by atoms with Crippen molar-refractivity contribution in [1.29, 1.82) is 0 Å². The first-order valence-corrected chi connectivity index (χ1v) is 15.8. The second-order valence-corrected chi connectivity index (χ2v) is 11.9. The van der Waals surface area contributed by atoms with E-state index in [2.05, 4.69) is 68.0 Å². The number of nitrogens with zero attached hydrogens (tertiary/aromatic N) is 5. The summed E-state index contributed by atoms with van der Waals surface area (Å²) in [5.74, 6) is -2.42. The Morgan fingerprint density at radius 1 is 0.783 bits per heavy atom. The molecule has 0 atom stereocenters. The van der Waals surface area contributed by atoms with Crippen LogP contribution >= 0.6 is 47.8 Å². The van der Waals surface area contributed by atoms with Gasteiger partial charge in [-0.05, 0) is 72.2 Å². The van der Waals surface area contributed by atoms with Gasteiger partial charge in [0.2, 0.25) is 5.43 Å². The lowest BCUT2D eigenvalue weighted by Gasteiger charge is -2.08. The quantitative estimate of drug-likeness (QED) is 0.177. The summed E-state index contributed by atoms with van der Waals surface area (Å²) >= 11 is 9.74. The number of H-pyrrole nitrogens is 1. The Labute approximate surface area is 283 Å². The second kappa shape index (κ2) is 14.0. The highest BCUT2D eigenvalue weighted by Crippen LogP contribution is 2.28. The molecule has 0 unspecified atom stereocenters. The molecule has 11 nitrogen and oxygen atoms in total. The maximum Gasteiger partial charge on any atom is 0.359 e. The largest absolute Gasteiger partial charge is 0.461 e. The topological polar surface area (TPSA) is 134 Å². The number of carbonyl (C=O) groups excluding carboxylic acids is 2. The first-order chi connectivity index (χ1) is 22.0. The third-order valence-electron chi connectivity index (χ3n) is 6.31. The van der Waals surface area contributed by atoms with E-state index in [4.69, 9.17) is 9.47 Å². The molecule has 0 fully saturated rings. The summed E-state index contributed by atoms with van der Waals surface area (Å²) in [4.78, 5) is 43.5. The smallest absolute Gasteiger partial charge is 0.359 e. The van der Waals surface area contributed by atoms with Gasteiger partial charge < -0.3 is 14.5 Å². The van der Waals surface area contributed by atoms with Gasteiger partial charge in [0.15, 0.2) is 16.9 Å². The van der Waals surface area contributed by atoms with Gasteiger partial charge in [-0.2, -0.15) is 10.2 Å². The summed E-state index contributed by atoms with van der Waals surface area (Å²) in [6, 6.07) is 11.8. The molecule has 0 amide bonds. The Bertz CT molecular complexity index is 2180. The van der Waals surface area contributed by atoms with E-state index in [-0.39, 0.29) is 52.4 Å². The van der Waals surface area contributed by atoms with Crippen molar-refractivity contribution in [3.8, 4) is 11.4 Å². The van der Waals surface area contributed by atoms with Gasteiger partial charge in [-0.25, -0.2) is 27.7 Å². The van der Waals surface area contributed by atoms with Crippen LogP contribution < -0.4 is 5.43 Å². The fourth-order valence-electron chi connectivity index (χ4n) is 4.38. The van der Waals surface area contributed by atoms with Crippen LogP contribution in [0.2, 0.25) is 0 Å². The van der Waals surface area contributed by atoms with E-state index in [1.165, 1.54) is 41.2 Å². The Hall–Kier alpha value is -4.28. The lowest BCUT2D eigenvalue weighted by molar-refractivity contribution is 0.0508. The van der Waals surface area contributed by atoms with Crippen LogP contribution in [0, 0.1) is 11.6 Å². The molecule has 0 saturated heterocycles. The van der Waals surface area contributed by atoms with Crippen molar-refractivity contribution in [2.45, 2.75) is 13.8 Å². The first-order valence-electron chi connectivity index (χ1n) is 13.4.